The first-order chi connectivity index (χ1) is 6.96. The summed E-state index contributed by atoms with van der Waals surface area (Å²) in [5.74, 6) is 0.256. The highest BCUT2D eigenvalue weighted by molar-refractivity contribution is 6.23. The monoisotopic (exact) mass is 226 g/mol. The summed E-state index contributed by atoms with van der Waals surface area (Å²) in [6, 6.07) is 10.2. The number of hydrogen-bond donors (Lipinski definition) is 0. The normalized spacial score (nSPS) is 16.1. The standard InChI is InChI=1S/C13H19ClO/c1-10(13(2,3)14)12(15-4)11-8-6-5-7-9-11/h5-10,12H,1-4H3. The van der Waals surface area contributed by atoms with Crippen molar-refractivity contribution in [2.45, 2.75) is 31.7 Å². The van der Waals surface area contributed by atoms with E-state index in [1.807, 2.05) is 32.0 Å². The second-order valence-electron chi connectivity index (χ2n) is 4.42. The highest BCUT2D eigenvalue weighted by atomic mass is 35.5. The summed E-state index contributed by atoms with van der Waals surface area (Å²) in [5, 5.41) is 0. The van der Waals surface area contributed by atoms with Crippen LogP contribution in [0, 0.1) is 5.92 Å². The van der Waals surface area contributed by atoms with Crippen LogP contribution in [0.2, 0.25) is 0 Å². The van der Waals surface area contributed by atoms with Crippen molar-refractivity contribution in [3.8, 4) is 0 Å². The lowest BCUT2D eigenvalue weighted by atomic mass is 9.87. The summed E-state index contributed by atoms with van der Waals surface area (Å²) < 4.78 is 5.54. The summed E-state index contributed by atoms with van der Waals surface area (Å²) >= 11 is 6.33. The van der Waals surface area contributed by atoms with E-state index >= 15 is 0 Å². The Hall–Kier alpha value is -0.530. The van der Waals surface area contributed by atoms with Gasteiger partial charge >= 0.3 is 0 Å². The fourth-order valence-electron chi connectivity index (χ4n) is 1.63. The Bertz CT molecular complexity index is 289. The molecule has 2 heteroatoms. The molecule has 0 aliphatic rings. The van der Waals surface area contributed by atoms with E-state index in [1.54, 1.807) is 7.11 Å². The van der Waals surface area contributed by atoms with Crippen LogP contribution in [0.1, 0.15) is 32.4 Å². The molecule has 0 N–H and O–H groups in total. The molecule has 1 rings (SSSR count). The van der Waals surface area contributed by atoms with Gasteiger partial charge in [-0.25, -0.2) is 0 Å². The Kier molecular flexibility index (Phi) is 4.18. The van der Waals surface area contributed by atoms with Crippen LogP contribution in [0.4, 0.5) is 0 Å². The highest BCUT2D eigenvalue weighted by Crippen LogP contribution is 2.36. The van der Waals surface area contributed by atoms with Gasteiger partial charge < -0.3 is 4.74 Å². The Morgan fingerprint density at radius 3 is 2.13 bits per heavy atom. The molecular weight excluding hydrogens is 208 g/mol. The molecule has 0 amide bonds. The van der Waals surface area contributed by atoms with Crippen LogP contribution in [-0.2, 0) is 4.74 Å². The molecule has 2 unspecified atom stereocenters. The number of alkyl halides is 1. The van der Waals surface area contributed by atoms with Crippen molar-refractivity contribution in [3.05, 3.63) is 35.9 Å². The lowest BCUT2D eigenvalue weighted by Crippen LogP contribution is -2.28. The minimum Gasteiger partial charge on any atom is -0.376 e. The predicted octanol–water partition coefficient (Wildman–Crippen LogP) is 4.03. The van der Waals surface area contributed by atoms with Crippen LogP contribution < -0.4 is 0 Å². The lowest BCUT2D eigenvalue weighted by molar-refractivity contribution is 0.0455. The van der Waals surface area contributed by atoms with Crippen molar-refractivity contribution in [1.82, 2.24) is 0 Å². The number of rotatable bonds is 4. The maximum atomic E-state index is 6.33. The molecule has 0 bridgehead atoms. The maximum Gasteiger partial charge on any atom is 0.0863 e. The predicted molar refractivity (Wildman–Crippen MR) is 65.3 cm³/mol. The topological polar surface area (TPSA) is 9.23 Å². The number of ether oxygens (including phenoxy) is 1. The van der Waals surface area contributed by atoms with E-state index in [9.17, 15) is 0 Å². The SMILES string of the molecule is COC(c1ccccc1)C(C)C(C)(C)Cl. The third kappa shape index (κ3) is 3.22. The Morgan fingerprint density at radius 2 is 1.73 bits per heavy atom. The van der Waals surface area contributed by atoms with Crippen LogP contribution >= 0.6 is 11.6 Å². The Morgan fingerprint density at radius 1 is 1.20 bits per heavy atom. The van der Waals surface area contributed by atoms with Crippen LogP contribution in [0.5, 0.6) is 0 Å². The molecule has 0 spiro atoms. The van der Waals surface area contributed by atoms with E-state index in [4.69, 9.17) is 16.3 Å². The number of halogens is 1. The van der Waals surface area contributed by atoms with Gasteiger partial charge in [0.15, 0.2) is 0 Å². The van der Waals surface area contributed by atoms with E-state index in [2.05, 4.69) is 19.1 Å². The van der Waals surface area contributed by atoms with Crippen molar-refractivity contribution >= 4 is 11.6 Å². The van der Waals surface area contributed by atoms with Crippen LogP contribution in [0.3, 0.4) is 0 Å². The molecule has 0 saturated heterocycles. The third-order valence-electron chi connectivity index (χ3n) is 2.92. The fourth-order valence-corrected chi connectivity index (χ4v) is 1.75. The third-order valence-corrected chi connectivity index (χ3v) is 3.26. The molecule has 0 saturated carbocycles. The molecule has 1 aromatic carbocycles. The van der Waals surface area contributed by atoms with Crippen LogP contribution in [0.25, 0.3) is 0 Å². The minimum atomic E-state index is -0.267. The number of methoxy groups -OCH3 is 1. The van der Waals surface area contributed by atoms with Gasteiger partial charge in [-0.3, -0.25) is 0 Å². The van der Waals surface area contributed by atoms with Gasteiger partial charge in [0.25, 0.3) is 0 Å². The highest BCUT2D eigenvalue weighted by Gasteiger charge is 2.31. The van der Waals surface area contributed by atoms with Crippen molar-refractivity contribution in [1.29, 1.82) is 0 Å². The molecule has 1 nitrogen and oxygen atoms in total. The average Bonchev–Trinajstić information content (AvgIpc) is 2.19. The van der Waals surface area contributed by atoms with Gasteiger partial charge in [0.1, 0.15) is 0 Å². The first kappa shape index (κ1) is 12.5. The van der Waals surface area contributed by atoms with Gasteiger partial charge in [-0.15, -0.1) is 11.6 Å². The molecule has 2 atom stereocenters. The molecule has 0 aliphatic heterocycles. The van der Waals surface area contributed by atoms with Gasteiger partial charge in [0.05, 0.1) is 6.10 Å². The van der Waals surface area contributed by atoms with E-state index in [-0.39, 0.29) is 16.9 Å². The van der Waals surface area contributed by atoms with Gasteiger partial charge in [-0.1, -0.05) is 37.3 Å². The van der Waals surface area contributed by atoms with Gasteiger partial charge in [0.2, 0.25) is 0 Å². The van der Waals surface area contributed by atoms with E-state index in [0.717, 1.165) is 0 Å². The fraction of sp³-hybridized carbons (Fsp3) is 0.538. The molecule has 0 radical (unpaired) electrons. The van der Waals surface area contributed by atoms with Crippen molar-refractivity contribution in [2.75, 3.05) is 7.11 Å². The summed E-state index contributed by atoms with van der Waals surface area (Å²) in [7, 11) is 1.73. The largest absolute Gasteiger partial charge is 0.376 e. The van der Waals surface area contributed by atoms with Crippen LogP contribution in [0.15, 0.2) is 30.3 Å². The summed E-state index contributed by atoms with van der Waals surface area (Å²) in [6.45, 7) is 6.16. The lowest BCUT2D eigenvalue weighted by Gasteiger charge is -2.31. The maximum absolute atomic E-state index is 6.33. The van der Waals surface area contributed by atoms with E-state index in [1.165, 1.54) is 5.56 Å². The summed E-state index contributed by atoms with van der Waals surface area (Å²) in [4.78, 5) is -0.267. The Balaban J connectivity index is 2.90. The van der Waals surface area contributed by atoms with Gasteiger partial charge in [-0.2, -0.15) is 0 Å². The zero-order valence-corrected chi connectivity index (χ0v) is 10.6. The number of hydrogen-bond acceptors (Lipinski definition) is 1. The number of benzene rings is 1. The minimum absolute atomic E-state index is 0.0544. The molecule has 0 aliphatic carbocycles. The smallest absolute Gasteiger partial charge is 0.0863 e. The zero-order chi connectivity index (χ0) is 11.5. The molecule has 0 heterocycles. The van der Waals surface area contributed by atoms with Crippen molar-refractivity contribution < 1.29 is 4.74 Å². The molecular formula is C13H19ClO. The van der Waals surface area contributed by atoms with Crippen LogP contribution in [-0.4, -0.2) is 12.0 Å². The van der Waals surface area contributed by atoms with Gasteiger partial charge in [-0.05, 0) is 19.4 Å². The average molecular weight is 227 g/mol. The second kappa shape index (κ2) is 5.00. The second-order valence-corrected chi connectivity index (χ2v) is 5.39. The summed E-state index contributed by atoms with van der Waals surface area (Å²) in [5.41, 5.74) is 1.18. The summed E-state index contributed by atoms with van der Waals surface area (Å²) in [6.07, 6.45) is 0.0544. The molecule has 15 heavy (non-hydrogen) atoms. The quantitative estimate of drug-likeness (QED) is 0.705. The van der Waals surface area contributed by atoms with Crippen molar-refractivity contribution in [3.63, 3.8) is 0 Å². The first-order valence-corrected chi connectivity index (χ1v) is 5.61. The Labute approximate surface area is 97.4 Å². The molecule has 1 aromatic rings. The van der Waals surface area contributed by atoms with Crippen molar-refractivity contribution in [2.24, 2.45) is 5.92 Å². The van der Waals surface area contributed by atoms with E-state index < -0.39 is 0 Å². The first-order valence-electron chi connectivity index (χ1n) is 5.23. The molecule has 0 fully saturated rings. The van der Waals surface area contributed by atoms with E-state index in [0.29, 0.717) is 0 Å². The molecule has 0 aromatic heterocycles. The zero-order valence-electron chi connectivity index (χ0n) is 9.83. The van der Waals surface area contributed by atoms with Gasteiger partial charge in [0, 0.05) is 17.9 Å². The molecule has 84 valence electrons.